The summed E-state index contributed by atoms with van der Waals surface area (Å²) in [6.45, 7) is 1.63. The lowest BCUT2D eigenvalue weighted by atomic mass is 10.5. The van der Waals surface area contributed by atoms with Crippen LogP contribution >= 0.6 is 11.3 Å². The molecule has 2 rings (SSSR count). The van der Waals surface area contributed by atoms with Crippen LogP contribution in [-0.2, 0) is 10.0 Å². The number of aromatic nitrogens is 3. The van der Waals surface area contributed by atoms with Crippen molar-refractivity contribution in [2.24, 2.45) is 5.14 Å². The zero-order valence-electron chi connectivity index (χ0n) is 7.78. The molecule has 0 aliphatic carbocycles. The average molecular weight is 244 g/mol. The van der Waals surface area contributed by atoms with E-state index in [0.717, 1.165) is 0 Å². The molecule has 8 heteroatoms. The minimum atomic E-state index is -3.71. The van der Waals surface area contributed by atoms with E-state index in [1.807, 2.05) is 0 Å². The average Bonchev–Trinajstić information content (AvgIpc) is 2.69. The number of hydrogen-bond acceptors (Lipinski definition) is 5. The van der Waals surface area contributed by atoms with Gasteiger partial charge in [0.2, 0.25) is 15.2 Å². The van der Waals surface area contributed by atoms with Gasteiger partial charge in [0.1, 0.15) is 4.90 Å². The Morgan fingerprint density at radius 2 is 2.27 bits per heavy atom. The van der Waals surface area contributed by atoms with Crippen molar-refractivity contribution in [3.05, 3.63) is 23.5 Å². The highest BCUT2D eigenvalue weighted by Crippen LogP contribution is 2.18. The summed E-state index contributed by atoms with van der Waals surface area (Å²) < 4.78 is 23.7. The van der Waals surface area contributed by atoms with Crippen molar-refractivity contribution in [2.75, 3.05) is 0 Å². The van der Waals surface area contributed by atoms with Gasteiger partial charge in [-0.25, -0.2) is 23.2 Å². The molecule has 0 aliphatic rings. The SMILES string of the molecule is Cc1c(S(N)(=O)=O)cnn1-c1nccs1. The van der Waals surface area contributed by atoms with Crippen molar-refractivity contribution in [2.45, 2.75) is 11.8 Å². The van der Waals surface area contributed by atoms with Gasteiger partial charge >= 0.3 is 0 Å². The van der Waals surface area contributed by atoms with Gasteiger partial charge in [-0.05, 0) is 6.92 Å². The first-order chi connectivity index (χ1) is 7.00. The van der Waals surface area contributed by atoms with Crippen molar-refractivity contribution < 1.29 is 8.42 Å². The van der Waals surface area contributed by atoms with Crippen LogP contribution in [0.5, 0.6) is 0 Å². The van der Waals surface area contributed by atoms with Gasteiger partial charge in [-0.3, -0.25) is 0 Å². The van der Waals surface area contributed by atoms with Crippen LogP contribution < -0.4 is 5.14 Å². The molecule has 15 heavy (non-hydrogen) atoms. The Balaban J connectivity index is 2.60. The molecule has 2 aromatic rings. The van der Waals surface area contributed by atoms with Gasteiger partial charge in [0.15, 0.2) is 0 Å². The van der Waals surface area contributed by atoms with Crippen molar-refractivity contribution in [3.63, 3.8) is 0 Å². The summed E-state index contributed by atoms with van der Waals surface area (Å²) in [5.41, 5.74) is 0.465. The van der Waals surface area contributed by atoms with Crippen LogP contribution in [0, 0.1) is 6.92 Å². The van der Waals surface area contributed by atoms with E-state index in [2.05, 4.69) is 10.1 Å². The molecule has 0 spiro atoms. The summed E-state index contributed by atoms with van der Waals surface area (Å²) in [4.78, 5) is 4.05. The number of nitrogens with zero attached hydrogens (tertiary/aromatic N) is 3. The van der Waals surface area contributed by atoms with Crippen LogP contribution in [-0.4, -0.2) is 23.2 Å². The van der Waals surface area contributed by atoms with Gasteiger partial charge in [-0.1, -0.05) is 0 Å². The molecule has 0 atom stereocenters. The van der Waals surface area contributed by atoms with Gasteiger partial charge in [-0.2, -0.15) is 5.10 Å². The summed E-state index contributed by atoms with van der Waals surface area (Å²) in [7, 11) is -3.71. The minimum absolute atomic E-state index is 0.0256. The quantitative estimate of drug-likeness (QED) is 0.821. The van der Waals surface area contributed by atoms with Crippen LogP contribution in [0.2, 0.25) is 0 Å². The van der Waals surface area contributed by atoms with E-state index < -0.39 is 10.0 Å². The molecule has 80 valence electrons. The molecule has 0 aliphatic heterocycles. The summed E-state index contributed by atoms with van der Waals surface area (Å²) >= 11 is 1.37. The number of primary sulfonamides is 1. The molecule has 2 heterocycles. The van der Waals surface area contributed by atoms with Crippen LogP contribution in [0.1, 0.15) is 5.69 Å². The van der Waals surface area contributed by atoms with Crippen molar-refractivity contribution in [1.82, 2.24) is 14.8 Å². The fraction of sp³-hybridized carbons (Fsp3) is 0.143. The molecule has 0 saturated carbocycles. The normalized spacial score (nSPS) is 11.9. The zero-order valence-corrected chi connectivity index (χ0v) is 9.42. The number of nitrogens with two attached hydrogens (primary N) is 1. The topological polar surface area (TPSA) is 90.9 Å². The third-order valence-electron chi connectivity index (χ3n) is 1.87. The highest BCUT2D eigenvalue weighted by molar-refractivity contribution is 7.89. The molecular formula is C7H8N4O2S2. The first-order valence-electron chi connectivity index (χ1n) is 3.97. The van der Waals surface area contributed by atoms with E-state index in [9.17, 15) is 8.42 Å². The van der Waals surface area contributed by atoms with E-state index in [1.165, 1.54) is 22.2 Å². The second kappa shape index (κ2) is 3.40. The Bertz CT molecular complexity index is 570. The lowest BCUT2D eigenvalue weighted by Crippen LogP contribution is -2.13. The maximum atomic E-state index is 11.1. The fourth-order valence-corrected chi connectivity index (χ4v) is 2.53. The first-order valence-corrected chi connectivity index (χ1v) is 6.40. The predicted octanol–water partition coefficient (Wildman–Crippen LogP) is 0.285. The smallest absolute Gasteiger partial charge is 0.227 e. The van der Waals surface area contributed by atoms with Crippen LogP contribution in [0.25, 0.3) is 5.13 Å². The third-order valence-corrected chi connectivity index (χ3v) is 3.63. The van der Waals surface area contributed by atoms with Crippen molar-refractivity contribution >= 4 is 21.4 Å². The highest BCUT2D eigenvalue weighted by Gasteiger charge is 2.17. The fourth-order valence-electron chi connectivity index (χ4n) is 1.19. The molecular weight excluding hydrogens is 236 g/mol. The Morgan fingerprint density at radius 1 is 1.53 bits per heavy atom. The maximum absolute atomic E-state index is 11.1. The zero-order chi connectivity index (χ0) is 11.1. The number of thiazole rings is 1. The summed E-state index contributed by atoms with van der Waals surface area (Å²) in [6.07, 6.45) is 2.85. The molecule has 6 nitrogen and oxygen atoms in total. The summed E-state index contributed by atoms with van der Waals surface area (Å²) in [5, 5.41) is 11.4. The predicted molar refractivity (Wildman–Crippen MR) is 55.3 cm³/mol. The van der Waals surface area contributed by atoms with E-state index in [0.29, 0.717) is 10.8 Å². The second-order valence-electron chi connectivity index (χ2n) is 2.87. The maximum Gasteiger partial charge on any atom is 0.241 e. The largest absolute Gasteiger partial charge is 0.241 e. The molecule has 0 aromatic carbocycles. The number of rotatable bonds is 2. The van der Waals surface area contributed by atoms with Crippen LogP contribution in [0.15, 0.2) is 22.7 Å². The van der Waals surface area contributed by atoms with Crippen molar-refractivity contribution in [3.8, 4) is 5.13 Å². The molecule has 2 aromatic heterocycles. The summed E-state index contributed by atoms with van der Waals surface area (Å²) in [5.74, 6) is 0. The van der Waals surface area contributed by atoms with Gasteiger partial charge in [0.05, 0.1) is 11.9 Å². The van der Waals surface area contributed by atoms with Crippen LogP contribution in [0.3, 0.4) is 0 Å². The second-order valence-corrected chi connectivity index (χ2v) is 5.27. The highest BCUT2D eigenvalue weighted by atomic mass is 32.2. The Morgan fingerprint density at radius 3 is 2.73 bits per heavy atom. The molecule has 2 N–H and O–H groups in total. The molecule has 0 saturated heterocycles. The molecule has 0 unspecified atom stereocenters. The molecule has 0 radical (unpaired) electrons. The van der Waals surface area contributed by atoms with Gasteiger partial charge in [-0.15, -0.1) is 11.3 Å². The Hall–Kier alpha value is -1.25. The Labute approximate surface area is 90.4 Å². The van der Waals surface area contributed by atoms with E-state index in [1.54, 1.807) is 18.5 Å². The minimum Gasteiger partial charge on any atom is -0.227 e. The van der Waals surface area contributed by atoms with Crippen LogP contribution in [0.4, 0.5) is 0 Å². The molecule has 0 bridgehead atoms. The van der Waals surface area contributed by atoms with Gasteiger partial charge in [0.25, 0.3) is 0 Å². The van der Waals surface area contributed by atoms with E-state index in [4.69, 9.17) is 5.14 Å². The van der Waals surface area contributed by atoms with E-state index >= 15 is 0 Å². The van der Waals surface area contributed by atoms with E-state index in [-0.39, 0.29) is 4.90 Å². The number of sulfonamides is 1. The standard InChI is InChI=1S/C7H8N4O2S2/c1-5-6(15(8,12)13)4-10-11(5)7-9-2-3-14-7/h2-4H,1H3,(H2,8,12,13). The lowest BCUT2D eigenvalue weighted by molar-refractivity contribution is 0.597. The van der Waals surface area contributed by atoms with Gasteiger partial charge < -0.3 is 0 Å². The first kappa shape index (κ1) is 10.3. The van der Waals surface area contributed by atoms with Gasteiger partial charge in [0, 0.05) is 11.6 Å². The van der Waals surface area contributed by atoms with Crippen molar-refractivity contribution in [1.29, 1.82) is 0 Å². The lowest BCUT2D eigenvalue weighted by Gasteiger charge is -1.99. The third kappa shape index (κ3) is 1.78. The monoisotopic (exact) mass is 244 g/mol. The molecule has 0 fully saturated rings. The number of hydrogen-bond donors (Lipinski definition) is 1. The molecule has 0 amide bonds. The summed E-state index contributed by atoms with van der Waals surface area (Å²) in [6, 6.07) is 0. The Kier molecular flexibility index (Phi) is 2.33.